The van der Waals surface area contributed by atoms with Crippen LogP contribution in [0.2, 0.25) is 0 Å². The fourth-order valence-corrected chi connectivity index (χ4v) is 1.65. The van der Waals surface area contributed by atoms with Crippen LogP contribution in [0, 0.1) is 0 Å². The molecule has 0 spiro atoms. The van der Waals surface area contributed by atoms with Gasteiger partial charge < -0.3 is 14.7 Å². The summed E-state index contributed by atoms with van der Waals surface area (Å²) in [6.07, 6.45) is 0.314. The molecule has 0 unspecified atom stereocenters. The normalized spacial score (nSPS) is 16.9. The largest absolute Gasteiger partial charge is 1.00 e. The summed E-state index contributed by atoms with van der Waals surface area (Å²) in [4.78, 5) is 24.3. The van der Waals surface area contributed by atoms with Crippen molar-refractivity contribution in [2.75, 3.05) is 18.6 Å². The van der Waals surface area contributed by atoms with Crippen molar-refractivity contribution in [3.63, 3.8) is 0 Å². The van der Waals surface area contributed by atoms with Gasteiger partial charge in [-0.1, -0.05) is 0 Å². The SMILES string of the molecule is COc1ccc(N2CC(=O)/C(=C/[O-])C2=O)cc1.[K+]. The zero-order valence-electron chi connectivity index (χ0n) is 10.2. The summed E-state index contributed by atoms with van der Waals surface area (Å²) in [5.41, 5.74) is 0.279. The number of carbonyl (C=O) groups is 2. The van der Waals surface area contributed by atoms with Gasteiger partial charge in [0.05, 0.1) is 19.2 Å². The van der Waals surface area contributed by atoms with Crippen LogP contribution in [0.15, 0.2) is 36.1 Å². The third-order valence-corrected chi connectivity index (χ3v) is 2.58. The Balaban J connectivity index is 0.00000162. The van der Waals surface area contributed by atoms with E-state index in [0.29, 0.717) is 17.7 Å². The molecule has 0 aliphatic carbocycles. The molecule has 1 fully saturated rings. The van der Waals surface area contributed by atoms with Gasteiger partial charge in [-0.05, 0) is 24.3 Å². The smallest absolute Gasteiger partial charge is 0.877 e. The number of hydrogen-bond acceptors (Lipinski definition) is 4. The second-order valence-electron chi connectivity index (χ2n) is 3.54. The molecule has 1 aromatic rings. The maximum Gasteiger partial charge on any atom is 1.00 e. The zero-order valence-corrected chi connectivity index (χ0v) is 13.3. The molecular weight excluding hydrogens is 261 g/mol. The molecule has 1 heterocycles. The van der Waals surface area contributed by atoms with Gasteiger partial charge in [0.15, 0.2) is 5.78 Å². The van der Waals surface area contributed by atoms with Gasteiger partial charge in [0.1, 0.15) is 5.75 Å². The summed E-state index contributed by atoms with van der Waals surface area (Å²) in [6, 6.07) is 6.70. The van der Waals surface area contributed by atoms with Crippen molar-refractivity contribution < 1.29 is 70.8 Å². The Morgan fingerprint density at radius 1 is 1.28 bits per heavy atom. The van der Waals surface area contributed by atoms with Crippen LogP contribution >= 0.6 is 0 Å². The molecule has 6 heteroatoms. The molecule has 0 radical (unpaired) electrons. The number of amides is 1. The third kappa shape index (κ3) is 2.84. The Morgan fingerprint density at radius 3 is 2.33 bits per heavy atom. The van der Waals surface area contributed by atoms with Crippen LogP contribution in [-0.4, -0.2) is 25.3 Å². The maximum absolute atomic E-state index is 11.7. The molecule has 0 N–H and O–H groups in total. The van der Waals surface area contributed by atoms with Crippen LogP contribution in [0.25, 0.3) is 0 Å². The Kier molecular flexibility index (Phi) is 5.55. The van der Waals surface area contributed by atoms with E-state index in [2.05, 4.69) is 0 Å². The van der Waals surface area contributed by atoms with Crippen LogP contribution in [0.4, 0.5) is 5.69 Å². The standard InChI is InChI=1S/C12H11NO4.K/c1-17-9-4-2-8(3-5-9)13-6-11(15)10(7-14)12(13)16;/h2-5,7,14H,6H2,1H3;/q;+1/p-1/b10-7-;. The third-order valence-electron chi connectivity index (χ3n) is 2.58. The molecule has 1 saturated heterocycles. The molecule has 0 atom stereocenters. The van der Waals surface area contributed by atoms with E-state index in [9.17, 15) is 14.7 Å². The first-order chi connectivity index (χ1) is 8.17. The van der Waals surface area contributed by atoms with Gasteiger partial charge in [-0.3, -0.25) is 9.59 Å². The van der Waals surface area contributed by atoms with Gasteiger partial charge in [-0.25, -0.2) is 0 Å². The summed E-state index contributed by atoms with van der Waals surface area (Å²) in [5.74, 6) is -0.331. The van der Waals surface area contributed by atoms with E-state index < -0.39 is 11.7 Å². The van der Waals surface area contributed by atoms with Crippen molar-refractivity contribution in [1.29, 1.82) is 0 Å². The first-order valence-electron chi connectivity index (χ1n) is 4.98. The van der Waals surface area contributed by atoms with Crippen LogP contribution in [0.3, 0.4) is 0 Å². The molecule has 1 aliphatic rings. The van der Waals surface area contributed by atoms with Crippen molar-refractivity contribution in [2.45, 2.75) is 0 Å². The Bertz CT molecular complexity index is 495. The fourth-order valence-electron chi connectivity index (χ4n) is 1.65. The molecular formula is C12H10KNO4. The van der Waals surface area contributed by atoms with Gasteiger partial charge in [0, 0.05) is 5.69 Å². The van der Waals surface area contributed by atoms with E-state index >= 15 is 0 Å². The number of methoxy groups -OCH3 is 1. The summed E-state index contributed by atoms with van der Waals surface area (Å²) >= 11 is 0. The molecule has 5 nitrogen and oxygen atoms in total. The maximum atomic E-state index is 11.7. The molecule has 88 valence electrons. The quantitative estimate of drug-likeness (QED) is 0.247. The Labute approximate surface area is 147 Å². The molecule has 18 heavy (non-hydrogen) atoms. The van der Waals surface area contributed by atoms with Gasteiger partial charge in [0.25, 0.3) is 5.91 Å². The van der Waals surface area contributed by atoms with E-state index in [-0.39, 0.29) is 63.5 Å². The van der Waals surface area contributed by atoms with Crippen LogP contribution in [0.5, 0.6) is 5.75 Å². The minimum atomic E-state index is -0.546. The average Bonchev–Trinajstić information content (AvgIpc) is 2.64. The second kappa shape index (κ2) is 6.49. The molecule has 0 aromatic heterocycles. The van der Waals surface area contributed by atoms with Crippen LogP contribution in [-0.2, 0) is 9.59 Å². The first kappa shape index (κ1) is 15.4. The van der Waals surface area contributed by atoms with Gasteiger partial charge in [0.2, 0.25) is 0 Å². The van der Waals surface area contributed by atoms with E-state index in [1.165, 1.54) is 12.0 Å². The van der Waals surface area contributed by atoms with Gasteiger partial charge in [-0.15, -0.1) is 6.26 Å². The van der Waals surface area contributed by atoms with E-state index in [0.717, 1.165) is 0 Å². The van der Waals surface area contributed by atoms with Crippen molar-refractivity contribution >= 4 is 17.4 Å². The summed E-state index contributed by atoms with van der Waals surface area (Å²) in [7, 11) is 1.54. The van der Waals surface area contributed by atoms with E-state index in [4.69, 9.17) is 4.74 Å². The fraction of sp³-hybridized carbons (Fsp3) is 0.167. The van der Waals surface area contributed by atoms with Crippen molar-refractivity contribution in [1.82, 2.24) is 0 Å². The summed E-state index contributed by atoms with van der Waals surface area (Å²) in [5, 5.41) is 10.6. The minimum absolute atomic E-state index is 0. The van der Waals surface area contributed by atoms with Crippen molar-refractivity contribution in [2.24, 2.45) is 0 Å². The number of rotatable bonds is 2. The zero-order chi connectivity index (χ0) is 12.4. The number of carbonyl (C=O) groups excluding carboxylic acids is 2. The summed E-state index contributed by atoms with van der Waals surface area (Å²) < 4.78 is 4.99. The number of nitrogens with zero attached hydrogens (tertiary/aromatic N) is 1. The number of ketones is 1. The van der Waals surface area contributed by atoms with Crippen molar-refractivity contribution in [3.8, 4) is 5.75 Å². The summed E-state index contributed by atoms with van der Waals surface area (Å²) in [6.45, 7) is -0.0841. The molecule has 0 saturated carbocycles. The first-order valence-corrected chi connectivity index (χ1v) is 4.98. The van der Waals surface area contributed by atoms with E-state index in [1.54, 1.807) is 24.3 Å². The molecule has 2 rings (SSSR count). The predicted octanol–water partition coefficient (Wildman–Crippen LogP) is -3.14. The number of ether oxygens (including phenoxy) is 1. The molecule has 0 bridgehead atoms. The van der Waals surface area contributed by atoms with Crippen LogP contribution in [0.1, 0.15) is 0 Å². The molecule has 1 aliphatic heterocycles. The molecule has 1 aromatic carbocycles. The topological polar surface area (TPSA) is 69.7 Å². The van der Waals surface area contributed by atoms with Crippen LogP contribution < -0.4 is 66.1 Å². The number of hydrogen-bond donors (Lipinski definition) is 0. The minimum Gasteiger partial charge on any atom is -0.877 e. The molecule has 1 amide bonds. The van der Waals surface area contributed by atoms with Gasteiger partial charge >= 0.3 is 51.4 Å². The monoisotopic (exact) mass is 271 g/mol. The predicted molar refractivity (Wildman–Crippen MR) is 58.4 cm³/mol. The van der Waals surface area contributed by atoms with Gasteiger partial charge in [-0.2, -0.15) is 0 Å². The number of Topliss-reactive ketones (excluding diaryl/α,β-unsaturated/α-hetero) is 1. The number of benzene rings is 1. The Morgan fingerprint density at radius 2 is 1.89 bits per heavy atom. The number of anilines is 1. The average molecular weight is 271 g/mol. The second-order valence-corrected chi connectivity index (χ2v) is 3.54. The van der Waals surface area contributed by atoms with E-state index in [1.807, 2.05) is 0 Å². The van der Waals surface area contributed by atoms with Crippen molar-refractivity contribution in [3.05, 3.63) is 36.1 Å². The Hall–Kier alpha value is -0.664.